The molecule has 0 saturated carbocycles. The molecule has 180 valence electrons. The normalized spacial score (nSPS) is 15.3. The molecule has 0 unspecified atom stereocenters. The van der Waals surface area contributed by atoms with Crippen molar-refractivity contribution in [1.82, 2.24) is 4.57 Å². The molecule has 8 nitrogen and oxygen atoms in total. The summed E-state index contributed by atoms with van der Waals surface area (Å²) in [6.07, 6.45) is 1.79. The topological polar surface area (TPSA) is 96.2 Å². The lowest BCUT2D eigenvalue weighted by atomic mass is 9.96. The molecular weight excluding hydrogens is 468 g/mol. The van der Waals surface area contributed by atoms with Gasteiger partial charge in [-0.1, -0.05) is 35.6 Å². The average Bonchev–Trinajstić information content (AvgIpc) is 3.13. The number of allylic oxidation sites excluding steroid dienone is 1. The van der Waals surface area contributed by atoms with Gasteiger partial charge in [0.15, 0.2) is 4.80 Å². The molecule has 0 fully saturated rings. The lowest BCUT2D eigenvalue weighted by Crippen LogP contribution is -2.39. The Morgan fingerprint density at radius 2 is 1.74 bits per heavy atom. The lowest BCUT2D eigenvalue weighted by Gasteiger charge is -2.24. The van der Waals surface area contributed by atoms with Crippen molar-refractivity contribution in [2.75, 3.05) is 13.7 Å². The Kier molecular flexibility index (Phi) is 6.97. The van der Waals surface area contributed by atoms with Gasteiger partial charge in [0, 0.05) is 6.92 Å². The molecule has 1 aromatic heterocycles. The van der Waals surface area contributed by atoms with Crippen LogP contribution in [0.3, 0.4) is 0 Å². The van der Waals surface area contributed by atoms with Gasteiger partial charge in [-0.3, -0.25) is 14.2 Å². The molecule has 0 spiro atoms. The fourth-order valence-corrected chi connectivity index (χ4v) is 4.89. The van der Waals surface area contributed by atoms with Crippen LogP contribution in [-0.4, -0.2) is 30.2 Å². The number of methoxy groups -OCH3 is 1. The molecule has 0 bridgehead atoms. The van der Waals surface area contributed by atoms with Crippen LogP contribution in [0.25, 0.3) is 6.08 Å². The molecule has 1 aliphatic heterocycles. The van der Waals surface area contributed by atoms with E-state index < -0.39 is 18.0 Å². The van der Waals surface area contributed by atoms with Crippen LogP contribution in [0.2, 0.25) is 0 Å². The fraction of sp³-hybridized carbons (Fsp3) is 0.231. The minimum atomic E-state index is -0.741. The molecule has 0 aliphatic carbocycles. The molecule has 2 aromatic carbocycles. The Labute approximate surface area is 205 Å². The third-order valence-corrected chi connectivity index (χ3v) is 6.37. The number of esters is 2. The van der Waals surface area contributed by atoms with Gasteiger partial charge >= 0.3 is 11.9 Å². The van der Waals surface area contributed by atoms with Crippen LogP contribution < -0.4 is 24.4 Å². The molecule has 0 N–H and O–H groups in total. The maximum absolute atomic E-state index is 13.6. The molecule has 9 heteroatoms. The van der Waals surface area contributed by atoms with E-state index in [1.807, 2.05) is 24.3 Å². The maximum Gasteiger partial charge on any atom is 0.338 e. The summed E-state index contributed by atoms with van der Waals surface area (Å²) in [7, 11) is 1.59. The number of nitrogens with zero attached hydrogens (tertiary/aromatic N) is 2. The first-order chi connectivity index (χ1) is 16.8. The number of ether oxygens (including phenoxy) is 3. The Hall–Kier alpha value is -3.98. The summed E-state index contributed by atoms with van der Waals surface area (Å²) in [5, 5.41) is 0. The zero-order valence-electron chi connectivity index (χ0n) is 19.7. The monoisotopic (exact) mass is 492 g/mol. The molecule has 3 aromatic rings. The highest BCUT2D eigenvalue weighted by Crippen LogP contribution is 2.31. The van der Waals surface area contributed by atoms with Crippen LogP contribution in [0.4, 0.5) is 0 Å². The number of rotatable bonds is 6. The summed E-state index contributed by atoms with van der Waals surface area (Å²) in [6.45, 7) is 4.96. The number of fused-ring (bicyclic) bond motifs is 1. The van der Waals surface area contributed by atoms with Crippen LogP contribution in [0.5, 0.6) is 11.5 Å². The molecule has 35 heavy (non-hydrogen) atoms. The van der Waals surface area contributed by atoms with Crippen LogP contribution in [0, 0.1) is 0 Å². The van der Waals surface area contributed by atoms with E-state index in [2.05, 4.69) is 4.99 Å². The van der Waals surface area contributed by atoms with Crippen molar-refractivity contribution in [3.8, 4) is 11.5 Å². The second-order valence-corrected chi connectivity index (χ2v) is 8.75. The highest BCUT2D eigenvalue weighted by atomic mass is 32.1. The fourth-order valence-electron chi connectivity index (χ4n) is 3.84. The maximum atomic E-state index is 13.6. The van der Waals surface area contributed by atoms with Crippen molar-refractivity contribution in [2.24, 2.45) is 4.99 Å². The summed E-state index contributed by atoms with van der Waals surface area (Å²) in [6, 6.07) is 13.3. The first-order valence-corrected chi connectivity index (χ1v) is 11.8. The standard InChI is InChI=1S/C26H24N2O6S/c1-5-33-25(31)22-15(2)27-26-28(23(22)18-8-12-20(13-9-18)34-16(3)29)24(30)21(35-26)14-17-6-10-19(32-4)11-7-17/h6-14,23H,5H2,1-4H3/b21-14-/t23-/m1/s1. The van der Waals surface area contributed by atoms with E-state index in [1.165, 1.54) is 22.8 Å². The molecule has 0 amide bonds. The third-order valence-electron chi connectivity index (χ3n) is 5.39. The van der Waals surface area contributed by atoms with Gasteiger partial charge in [-0.05, 0) is 55.3 Å². The number of carbonyl (C=O) groups is 2. The largest absolute Gasteiger partial charge is 0.497 e. The molecule has 2 heterocycles. The summed E-state index contributed by atoms with van der Waals surface area (Å²) in [4.78, 5) is 42.9. The van der Waals surface area contributed by atoms with Gasteiger partial charge in [-0.2, -0.15) is 0 Å². The highest BCUT2D eigenvalue weighted by molar-refractivity contribution is 7.07. The lowest BCUT2D eigenvalue weighted by molar-refractivity contribution is -0.139. The summed E-state index contributed by atoms with van der Waals surface area (Å²) in [5.41, 5.74) is 1.99. The predicted octanol–water partition coefficient (Wildman–Crippen LogP) is 2.73. The summed E-state index contributed by atoms with van der Waals surface area (Å²) < 4.78 is 17.6. The number of aromatic nitrogens is 1. The van der Waals surface area contributed by atoms with Crippen LogP contribution in [0.1, 0.15) is 37.9 Å². The van der Waals surface area contributed by atoms with Gasteiger partial charge in [-0.25, -0.2) is 9.79 Å². The van der Waals surface area contributed by atoms with E-state index in [0.717, 1.165) is 11.3 Å². The number of hydrogen-bond acceptors (Lipinski definition) is 8. The van der Waals surface area contributed by atoms with Crippen LogP contribution >= 0.6 is 11.3 Å². The summed E-state index contributed by atoms with van der Waals surface area (Å²) >= 11 is 1.25. The Bertz CT molecular complexity index is 1480. The van der Waals surface area contributed by atoms with Gasteiger partial charge in [-0.15, -0.1) is 0 Å². The molecule has 0 radical (unpaired) electrons. The van der Waals surface area contributed by atoms with E-state index in [9.17, 15) is 14.4 Å². The van der Waals surface area contributed by atoms with Gasteiger partial charge in [0.1, 0.15) is 11.5 Å². The minimum Gasteiger partial charge on any atom is -0.497 e. The zero-order valence-corrected chi connectivity index (χ0v) is 20.5. The smallest absolute Gasteiger partial charge is 0.338 e. The van der Waals surface area contributed by atoms with Crippen molar-refractivity contribution in [3.05, 3.63) is 90.6 Å². The minimum absolute atomic E-state index is 0.190. The molecule has 0 saturated heterocycles. The first-order valence-electron chi connectivity index (χ1n) is 10.9. The second-order valence-electron chi connectivity index (χ2n) is 7.74. The molecule has 1 aliphatic rings. The Morgan fingerprint density at radius 3 is 2.34 bits per heavy atom. The average molecular weight is 493 g/mol. The van der Waals surface area contributed by atoms with Crippen molar-refractivity contribution < 1.29 is 23.8 Å². The third kappa shape index (κ3) is 4.95. The molecule has 4 rings (SSSR count). The van der Waals surface area contributed by atoms with Crippen molar-refractivity contribution in [2.45, 2.75) is 26.8 Å². The molecular formula is C26H24N2O6S. The van der Waals surface area contributed by atoms with E-state index in [-0.39, 0.29) is 17.7 Å². The van der Waals surface area contributed by atoms with Crippen molar-refractivity contribution in [3.63, 3.8) is 0 Å². The van der Waals surface area contributed by atoms with Gasteiger partial charge in [0.05, 0.1) is 35.6 Å². The van der Waals surface area contributed by atoms with Gasteiger partial charge in [0.25, 0.3) is 5.56 Å². The van der Waals surface area contributed by atoms with E-state index in [4.69, 9.17) is 14.2 Å². The van der Waals surface area contributed by atoms with Crippen molar-refractivity contribution >= 4 is 29.4 Å². The SMILES string of the molecule is CCOC(=O)C1=C(C)N=c2s/c(=C\c3ccc(OC)cc3)c(=O)n2[C@@H]1c1ccc(OC(C)=O)cc1. The zero-order chi connectivity index (χ0) is 25.1. The number of thiazole rings is 1. The predicted molar refractivity (Wildman–Crippen MR) is 131 cm³/mol. The quantitative estimate of drug-likeness (QED) is 0.388. The summed E-state index contributed by atoms with van der Waals surface area (Å²) in [5.74, 6) is 0.113. The van der Waals surface area contributed by atoms with Crippen LogP contribution in [0.15, 0.2) is 69.6 Å². The Morgan fingerprint density at radius 1 is 1.09 bits per heavy atom. The van der Waals surface area contributed by atoms with Crippen molar-refractivity contribution in [1.29, 1.82) is 0 Å². The second kappa shape index (κ2) is 10.1. The van der Waals surface area contributed by atoms with Crippen LogP contribution in [-0.2, 0) is 14.3 Å². The Balaban J connectivity index is 1.88. The van der Waals surface area contributed by atoms with Gasteiger partial charge in [0.2, 0.25) is 0 Å². The highest BCUT2D eigenvalue weighted by Gasteiger charge is 2.33. The van der Waals surface area contributed by atoms with E-state index >= 15 is 0 Å². The molecule has 1 atom stereocenters. The number of benzene rings is 2. The first kappa shape index (κ1) is 24.2. The van der Waals surface area contributed by atoms with Gasteiger partial charge < -0.3 is 14.2 Å². The van der Waals surface area contributed by atoms with E-state index in [0.29, 0.717) is 26.3 Å². The number of carbonyl (C=O) groups excluding carboxylic acids is 2. The number of hydrogen-bond donors (Lipinski definition) is 0. The van der Waals surface area contributed by atoms with E-state index in [1.54, 1.807) is 51.3 Å².